The van der Waals surface area contributed by atoms with E-state index in [0.717, 1.165) is 88.8 Å². The number of anilines is 3. The minimum atomic E-state index is -0.264. The van der Waals surface area contributed by atoms with Gasteiger partial charge < -0.3 is 18.6 Å². The first kappa shape index (κ1) is 34.1. The molecule has 0 unspecified atom stereocenters. The van der Waals surface area contributed by atoms with Gasteiger partial charge in [0.05, 0.1) is 33.1 Å². The van der Waals surface area contributed by atoms with Crippen LogP contribution in [0, 0.1) is 11.6 Å². The van der Waals surface area contributed by atoms with Crippen molar-refractivity contribution >= 4 is 82.5 Å². The van der Waals surface area contributed by atoms with Crippen molar-refractivity contribution in [3.8, 4) is 17.1 Å². The fourth-order valence-electron chi connectivity index (χ4n) is 9.34. The van der Waals surface area contributed by atoms with E-state index in [1.165, 1.54) is 35.0 Å². The minimum Gasteiger partial charge on any atom is -0.310 e. The van der Waals surface area contributed by atoms with Crippen LogP contribution in [0.5, 0.6) is 0 Å². The Morgan fingerprint density at radius 3 is 0.917 bits per heavy atom. The molecular weight excluding hydrogens is 743 g/mol. The zero-order valence-corrected chi connectivity index (χ0v) is 32.2. The predicted octanol–water partition coefficient (Wildman–Crippen LogP) is 14.7. The zero-order chi connectivity index (χ0) is 39.9. The quantitative estimate of drug-likeness (QED) is 0.164. The van der Waals surface area contributed by atoms with Gasteiger partial charge in [-0.25, -0.2) is 8.78 Å². The third-order valence-corrected chi connectivity index (χ3v) is 11.9. The van der Waals surface area contributed by atoms with E-state index in [0.29, 0.717) is 0 Å². The lowest BCUT2D eigenvalue weighted by Crippen LogP contribution is -2.10. The van der Waals surface area contributed by atoms with Crippen molar-refractivity contribution < 1.29 is 8.78 Å². The average molecular weight is 777 g/mol. The maximum Gasteiger partial charge on any atom is 0.123 e. The van der Waals surface area contributed by atoms with Crippen molar-refractivity contribution in [3.63, 3.8) is 0 Å². The van der Waals surface area contributed by atoms with Crippen LogP contribution in [0.2, 0.25) is 0 Å². The molecule has 3 heterocycles. The number of para-hydroxylation sites is 4. The summed E-state index contributed by atoms with van der Waals surface area (Å²) >= 11 is 0. The summed E-state index contributed by atoms with van der Waals surface area (Å²) in [6.45, 7) is 0. The molecule has 0 fully saturated rings. The Kier molecular flexibility index (Phi) is 7.56. The summed E-state index contributed by atoms with van der Waals surface area (Å²) in [5.74, 6) is -0.529. The van der Waals surface area contributed by atoms with Gasteiger partial charge in [0.25, 0.3) is 0 Å². The lowest BCUT2D eigenvalue weighted by atomic mass is 10.1. The third-order valence-electron chi connectivity index (χ3n) is 11.9. The summed E-state index contributed by atoms with van der Waals surface area (Å²) in [6, 6.07) is 69.4. The minimum absolute atomic E-state index is 0.264. The molecule has 9 aromatic carbocycles. The van der Waals surface area contributed by atoms with Crippen molar-refractivity contribution in [2.24, 2.45) is 0 Å². The predicted molar refractivity (Wildman–Crippen MR) is 244 cm³/mol. The first-order valence-electron chi connectivity index (χ1n) is 20.1. The highest BCUT2D eigenvalue weighted by molar-refractivity contribution is 6.13. The Bertz CT molecular complexity index is 3400. The molecule has 12 aromatic rings. The summed E-state index contributed by atoms with van der Waals surface area (Å²) in [5, 5.41) is 6.85. The van der Waals surface area contributed by atoms with Crippen LogP contribution in [-0.2, 0) is 0 Å². The number of aromatic nitrogens is 3. The standard InChI is InChI=1S/C54H34F2N4/c55-35-17-21-38(22-18-35)59-51-15-7-3-11-45(51)47-33-41(29-31-53(47)59)57(37-25-27-40(28-26-37)58-49-13-5-1-9-43(49)44-10-2-6-14-50(44)58)42-30-32-54-48(34-42)46-12-4-8-16-52(46)60(54)39-23-19-36(56)20-24-39/h1-34H. The molecule has 0 radical (unpaired) electrons. The molecule has 0 N–H and O–H groups in total. The van der Waals surface area contributed by atoms with Crippen LogP contribution in [0.25, 0.3) is 82.5 Å². The van der Waals surface area contributed by atoms with Gasteiger partial charge >= 0.3 is 0 Å². The van der Waals surface area contributed by atoms with Crippen molar-refractivity contribution in [2.75, 3.05) is 4.90 Å². The Balaban J connectivity index is 1.08. The van der Waals surface area contributed by atoms with Crippen LogP contribution in [0.3, 0.4) is 0 Å². The molecule has 0 bridgehead atoms. The average Bonchev–Trinajstić information content (AvgIpc) is 3.93. The molecule has 0 aliphatic heterocycles. The molecule has 3 aromatic heterocycles. The number of hydrogen-bond donors (Lipinski definition) is 0. The van der Waals surface area contributed by atoms with E-state index in [4.69, 9.17) is 0 Å². The largest absolute Gasteiger partial charge is 0.310 e. The van der Waals surface area contributed by atoms with Gasteiger partial charge in [-0.3, -0.25) is 0 Å². The van der Waals surface area contributed by atoms with Gasteiger partial charge in [-0.2, -0.15) is 0 Å². The van der Waals surface area contributed by atoms with E-state index >= 15 is 0 Å². The Morgan fingerprint density at radius 2 is 0.550 bits per heavy atom. The van der Waals surface area contributed by atoms with Gasteiger partial charge in [0.2, 0.25) is 0 Å². The van der Waals surface area contributed by atoms with Crippen LogP contribution < -0.4 is 4.90 Å². The van der Waals surface area contributed by atoms with E-state index in [9.17, 15) is 8.78 Å². The van der Waals surface area contributed by atoms with Gasteiger partial charge in [0.1, 0.15) is 11.6 Å². The van der Waals surface area contributed by atoms with Crippen LogP contribution in [0.1, 0.15) is 0 Å². The van der Waals surface area contributed by atoms with Crippen LogP contribution in [0.4, 0.5) is 25.8 Å². The summed E-state index contributed by atoms with van der Waals surface area (Å²) in [6.07, 6.45) is 0. The molecule has 4 nitrogen and oxygen atoms in total. The zero-order valence-electron chi connectivity index (χ0n) is 32.2. The SMILES string of the molecule is Fc1ccc(-n2c3ccccc3c3cc(N(c4ccc(-n5c6ccccc6c6ccccc65)cc4)c4ccc5c(c4)c4ccccc4n5-c4ccc(F)cc4)ccc32)cc1. The molecule has 6 heteroatoms. The molecule has 0 aliphatic carbocycles. The van der Waals surface area contributed by atoms with Crippen molar-refractivity contribution in [1.82, 2.24) is 13.7 Å². The highest BCUT2D eigenvalue weighted by Gasteiger charge is 2.21. The van der Waals surface area contributed by atoms with E-state index < -0.39 is 0 Å². The Hall–Kier alpha value is -7.96. The Morgan fingerprint density at radius 1 is 0.267 bits per heavy atom. The van der Waals surface area contributed by atoms with E-state index in [-0.39, 0.29) is 11.6 Å². The lowest BCUT2D eigenvalue weighted by Gasteiger charge is -2.26. The highest BCUT2D eigenvalue weighted by atomic mass is 19.1. The second kappa shape index (κ2) is 13.3. The molecule has 60 heavy (non-hydrogen) atoms. The van der Waals surface area contributed by atoms with Gasteiger partial charge in [-0.15, -0.1) is 0 Å². The fraction of sp³-hybridized carbons (Fsp3) is 0. The topological polar surface area (TPSA) is 18.0 Å². The van der Waals surface area contributed by atoms with Crippen LogP contribution in [0.15, 0.2) is 206 Å². The molecule has 12 rings (SSSR count). The van der Waals surface area contributed by atoms with Crippen molar-refractivity contribution in [3.05, 3.63) is 218 Å². The fourth-order valence-corrected chi connectivity index (χ4v) is 9.34. The monoisotopic (exact) mass is 776 g/mol. The molecule has 0 spiro atoms. The van der Waals surface area contributed by atoms with E-state index in [1.54, 1.807) is 0 Å². The first-order chi connectivity index (χ1) is 29.6. The normalized spacial score (nSPS) is 11.8. The summed E-state index contributed by atoms with van der Waals surface area (Å²) in [5.41, 5.74) is 12.4. The smallest absolute Gasteiger partial charge is 0.123 e. The number of fused-ring (bicyclic) bond motifs is 9. The first-order valence-corrected chi connectivity index (χ1v) is 20.1. The highest BCUT2D eigenvalue weighted by Crippen LogP contribution is 2.43. The maximum absolute atomic E-state index is 14.1. The number of hydrogen-bond acceptors (Lipinski definition) is 1. The van der Waals surface area contributed by atoms with Gasteiger partial charge in [0.15, 0.2) is 0 Å². The van der Waals surface area contributed by atoms with Gasteiger partial charge in [-0.1, -0.05) is 72.8 Å². The molecule has 284 valence electrons. The molecular formula is C54H34F2N4. The maximum atomic E-state index is 14.1. The van der Waals surface area contributed by atoms with Crippen LogP contribution in [-0.4, -0.2) is 13.7 Å². The second-order valence-corrected chi connectivity index (χ2v) is 15.3. The van der Waals surface area contributed by atoms with E-state index in [2.05, 4.69) is 164 Å². The van der Waals surface area contributed by atoms with Crippen LogP contribution >= 0.6 is 0 Å². The molecule has 0 saturated heterocycles. The lowest BCUT2D eigenvalue weighted by molar-refractivity contribution is 0.627. The molecule has 0 aliphatic rings. The summed E-state index contributed by atoms with van der Waals surface area (Å²) in [4.78, 5) is 2.32. The summed E-state index contributed by atoms with van der Waals surface area (Å²) in [7, 11) is 0. The number of rotatable bonds is 6. The van der Waals surface area contributed by atoms with E-state index in [1.807, 2.05) is 36.4 Å². The molecule has 0 saturated carbocycles. The number of nitrogens with zero attached hydrogens (tertiary/aromatic N) is 4. The Labute approximate surface area is 343 Å². The summed E-state index contributed by atoms with van der Waals surface area (Å²) < 4.78 is 35.0. The molecule has 0 atom stereocenters. The van der Waals surface area contributed by atoms with Crippen molar-refractivity contribution in [1.29, 1.82) is 0 Å². The van der Waals surface area contributed by atoms with Crippen molar-refractivity contribution in [2.45, 2.75) is 0 Å². The second-order valence-electron chi connectivity index (χ2n) is 15.3. The van der Waals surface area contributed by atoms with Gasteiger partial charge in [-0.05, 0) is 133 Å². The van der Waals surface area contributed by atoms with Gasteiger partial charge in [0, 0.05) is 66.4 Å². The third kappa shape index (κ3) is 5.21. The molecule has 0 amide bonds. The number of benzene rings is 9. The number of halogens is 2.